The molecule has 10 heteroatoms. The van der Waals surface area contributed by atoms with Crippen LogP contribution < -0.4 is 19.8 Å². The topological polar surface area (TPSA) is 115 Å². The van der Waals surface area contributed by atoms with E-state index < -0.39 is 21.2 Å². The standard InChI is InChI=1S/C27H37N5O4S/c1-25(2,3)30-37(35,36)20-7-5-6-19(16-20)28-24(33)21-8-9-22(32-17-26(4,34)18-32)29-23(21)31-14-12-27(10-11-27)13-15-31/h5-9,16,30,34H,10-15,17-18H2,1-4H3,(H,28,33). The minimum Gasteiger partial charge on any atom is -0.386 e. The number of piperidine rings is 1. The molecule has 9 nitrogen and oxygen atoms in total. The summed E-state index contributed by atoms with van der Waals surface area (Å²) in [5, 5.41) is 13.1. The highest BCUT2D eigenvalue weighted by Gasteiger charge is 2.45. The van der Waals surface area contributed by atoms with Crippen LogP contribution in [0.25, 0.3) is 0 Å². The number of anilines is 3. The van der Waals surface area contributed by atoms with Crippen molar-refractivity contribution in [3.05, 3.63) is 42.0 Å². The molecular formula is C27H37N5O4S. The Balaban J connectivity index is 1.39. The summed E-state index contributed by atoms with van der Waals surface area (Å²) in [4.78, 5) is 22.6. The van der Waals surface area contributed by atoms with Crippen molar-refractivity contribution in [2.75, 3.05) is 41.3 Å². The number of aliphatic hydroxyl groups is 1. The van der Waals surface area contributed by atoms with E-state index in [0.717, 1.165) is 31.7 Å². The van der Waals surface area contributed by atoms with Crippen molar-refractivity contribution in [1.29, 1.82) is 0 Å². The number of nitrogens with one attached hydrogen (secondary N) is 2. The van der Waals surface area contributed by atoms with E-state index in [-0.39, 0.29) is 10.8 Å². The van der Waals surface area contributed by atoms with Gasteiger partial charge in [0.25, 0.3) is 5.91 Å². The summed E-state index contributed by atoms with van der Waals surface area (Å²) in [5.41, 5.74) is -0.0263. The van der Waals surface area contributed by atoms with E-state index in [9.17, 15) is 18.3 Å². The summed E-state index contributed by atoms with van der Waals surface area (Å²) in [6.45, 7) is 9.83. The molecule has 0 atom stereocenters. The molecule has 2 saturated heterocycles. The van der Waals surface area contributed by atoms with Crippen LogP contribution >= 0.6 is 0 Å². The van der Waals surface area contributed by atoms with E-state index in [1.54, 1.807) is 45.9 Å². The van der Waals surface area contributed by atoms with Crippen molar-refractivity contribution < 1.29 is 18.3 Å². The Labute approximate surface area is 219 Å². The predicted octanol–water partition coefficient (Wildman–Crippen LogP) is 3.36. The molecule has 2 aromatic rings. The lowest BCUT2D eigenvalue weighted by Crippen LogP contribution is -2.60. The van der Waals surface area contributed by atoms with Gasteiger partial charge in [-0.05, 0) is 89.1 Å². The first-order valence-corrected chi connectivity index (χ1v) is 14.4. The molecule has 2 aliphatic heterocycles. The van der Waals surface area contributed by atoms with Gasteiger partial charge in [-0.15, -0.1) is 0 Å². The summed E-state index contributed by atoms with van der Waals surface area (Å²) in [7, 11) is -3.74. The minimum atomic E-state index is -3.74. The maximum Gasteiger partial charge on any atom is 0.259 e. The molecule has 37 heavy (non-hydrogen) atoms. The number of carbonyl (C=O) groups excluding carboxylic acids is 1. The molecule has 3 fully saturated rings. The van der Waals surface area contributed by atoms with Crippen molar-refractivity contribution in [3.63, 3.8) is 0 Å². The highest BCUT2D eigenvalue weighted by Crippen LogP contribution is 2.54. The number of benzene rings is 1. The molecule has 1 aliphatic carbocycles. The van der Waals surface area contributed by atoms with Crippen molar-refractivity contribution in [2.45, 2.75) is 69.4 Å². The van der Waals surface area contributed by atoms with Crippen LogP contribution in [0.4, 0.5) is 17.3 Å². The van der Waals surface area contributed by atoms with Gasteiger partial charge in [0, 0.05) is 37.4 Å². The molecule has 1 aromatic carbocycles. The van der Waals surface area contributed by atoms with Gasteiger partial charge in [0.05, 0.1) is 16.1 Å². The molecular weight excluding hydrogens is 490 g/mol. The summed E-state index contributed by atoms with van der Waals surface area (Å²) in [6, 6.07) is 9.86. The molecule has 1 amide bonds. The summed E-state index contributed by atoms with van der Waals surface area (Å²) < 4.78 is 28.2. The monoisotopic (exact) mass is 527 g/mol. The van der Waals surface area contributed by atoms with E-state index >= 15 is 0 Å². The Morgan fingerprint density at radius 2 is 1.70 bits per heavy atom. The molecule has 1 spiro atoms. The number of amides is 1. The third-order valence-electron chi connectivity index (χ3n) is 7.42. The SMILES string of the molecule is CC1(O)CN(c2ccc(C(=O)Nc3cccc(S(=O)(=O)NC(C)(C)C)c3)c(N3CCC4(CC3)CC4)n2)C1. The van der Waals surface area contributed by atoms with Crippen LogP contribution in [-0.2, 0) is 10.0 Å². The molecule has 200 valence electrons. The molecule has 0 bridgehead atoms. The highest BCUT2D eigenvalue weighted by molar-refractivity contribution is 7.89. The molecule has 3 aliphatic rings. The van der Waals surface area contributed by atoms with Crippen molar-refractivity contribution in [3.8, 4) is 0 Å². The minimum absolute atomic E-state index is 0.0875. The quantitative estimate of drug-likeness (QED) is 0.528. The number of carbonyl (C=O) groups is 1. The fraction of sp³-hybridized carbons (Fsp3) is 0.556. The van der Waals surface area contributed by atoms with Crippen LogP contribution in [0, 0.1) is 5.41 Å². The van der Waals surface area contributed by atoms with Crippen molar-refractivity contribution in [1.82, 2.24) is 9.71 Å². The highest BCUT2D eigenvalue weighted by atomic mass is 32.2. The smallest absolute Gasteiger partial charge is 0.259 e. The summed E-state index contributed by atoms with van der Waals surface area (Å²) in [5.74, 6) is 1.04. The molecule has 1 saturated carbocycles. The fourth-order valence-electron chi connectivity index (χ4n) is 5.24. The largest absolute Gasteiger partial charge is 0.386 e. The van der Waals surface area contributed by atoms with E-state index in [4.69, 9.17) is 4.98 Å². The number of pyridine rings is 1. The maximum atomic E-state index is 13.5. The van der Waals surface area contributed by atoms with Crippen molar-refractivity contribution in [2.24, 2.45) is 5.41 Å². The Kier molecular flexibility index (Phi) is 6.28. The summed E-state index contributed by atoms with van der Waals surface area (Å²) >= 11 is 0. The fourth-order valence-corrected chi connectivity index (χ4v) is 6.71. The van der Waals surface area contributed by atoms with Crippen LogP contribution in [0.2, 0.25) is 0 Å². The van der Waals surface area contributed by atoms with Gasteiger partial charge in [-0.3, -0.25) is 4.79 Å². The molecule has 3 N–H and O–H groups in total. The van der Waals surface area contributed by atoms with E-state index in [1.807, 2.05) is 11.0 Å². The Morgan fingerprint density at radius 1 is 1.03 bits per heavy atom. The Morgan fingerprint density at radius 3 is 2.30 bits per heavy atom. The Bertz CT molecular complexity index is 1300. The first kappa shape index (κ1) is 25.9. The van der Waals surface area contributed by atoms with Gasteiger partial charge < -0.3 is 20.2 Å². The molecule has 5 rings (SSSR count). The lowest BCUT2D eigenvalue weighted by molar-refractivity contribution is 0.0305. The number of hydrogen-bond donors (Lipinski definition) is 3. The average molecular weight is 528 g/mol. The molecule has 0 radical (unpaired) electrons. The molecule has 0 unspecified atom stereocenters. The maximum absolute atomic E-state index is 13.5. The number of aromatic nitrogens is 1. The predicted molar refractivity (Wildman–Crippen MR) is 145 cm³/mol. The number of sulfonamides is 1. The second-order valence-corrected chi connectivity index (χ2v) is 13.9. The van der Waals surface area contributed by atoms with Gasteiger partial charge in [-0.25, -0.2) is 18.1 Å². The van der Waals surface area contributed by atoms with E-state index in [0.29, 0.717) is 35.6 Å². The van der Waals surface area contributed by atoms with Crippen LogP contribution in [-0.4, -0.2) is 61.7 Å². The Hall–Kier alpha value is -2.69. The normalized spacial score (nSPS) is 20.5. The first-order valence-electron chi connectivity index (χ1n) is 12.9. The van der Waals surface area contributed by atoms with Crippen LogP contribution in [0.1, 0.15) is 63.7 Å². The molecule has 3 heterocycles. The van der Waals surface area contributed by atoms with Gasteiger partial charge in [-0.1, -0.05) is 6.07 Å². The van der Waals surface area contributed by atoms with Crippen LogP contribution in [0.5, 0.6) is 0 Å². The van der Waals surface area contributed by atoms with Gasteiger partial charge in [0.15, 0.2) is 0 Å². The average Bonchev–Trinajstić information content (AvgIpc) is 3.55. The summed E-state index contributed by atoms with van der Waals surface area (Å²) in [6.07, 6.45) is 4.76. The third kappa shape index (κ3) is 5.76. The number of rotatable bonds is 6. The van der Waals surface area contributed by atoms with Gasteiger partial charge in [0.1, 0.15) is 11.6 Å². The van der Waals surface area contributed by atoms with E-state index in [1.165, 1.54) is 25.0 Å². The van der Waals surface area contributed by atoms with Crippen LogP contribution in [0.3, 0.4) is 0 Å². The number of nitrogens with zero attached hydrogens (tertiary/aromatic N) is 3. The second-order valence-electron chi connectivity index (χ2n) is 12.2. The number of β-amino-alcohol motifs (C(OH)–C–C–N with tert-alkyl or cyclic N) is 1. The number of hydrogen-bond acceptors (Lipinski definition) is 7. The first-order chi connectivity index (χ1) is 17.2. The zero-order valence-corrected chi connectivity index (χ0v) is 22.9. The lowest BCUT2D eigenvalue weighted by Gasteiger charge is -2.45. The van der Waals surface area contributed by atoms with Gasteiger partial charge in [-0.2, -0.15) is 0 Å². The van der Waals surface area contributed by atoms with Gasteiger partial charge >= 0.3 is 0 Å². The van der Waals surface area contributed by atoms with Gasteiger partial charge in [0.2, 0.25) is 10.0 Å². The lowest BCUT2D eigenvalue weighted by atomic mass is 9.93. The zero-order valence-electron chi connectivity index (χ0n) is 22.0. The zero-order chi connectivity index (χ0) is 26.6. The van der Waals surface area contributed by atoms with Crippen LogP contribution in [0.15, 0.2) is 41.3 Å². The third-order valence-corrected chi connectivity index (χ3v) is 9.17. The molecule has 1 aromatic heterocycles. The second kappa shape index (κ2) is 8.96. The van der Waals surface area contributed by atoms with E-state index in [2.05, 4.69) is 14.9 Å². The van der Waals surface area contributed by atoms with Crippen molar-refractivity contribution >= 4 is 33.3 Å².